The maximum absolute atomic E-state index is 12.5. The summed E-state index contributed by atoms with van der Waals surface area (Å²) in [7, 11) is 1.48. The molecule has 0 atom stereocenters. The molecule has 0 aliphatic heterocycles. The van der Waals surface area contributed by atoms with Crippen molar-refractivity contribution in [3.8, 4) is 11.5 Å². The molecule has 6 heteroatoms. The largest absolute Gasteiger partial charge is 0.493 e. The number of hydrogen-bond acceptors (Lipinski definition) is 4. The fourth-order valence-electron chi connectivity index (χ4n) is 2.00. The highest BCUT2D eigenvalue weighted by atomic mass is 16.5. The predicted octanol–water partition coefficient (Wildman–Crippen LogP) is 1.82. The number of amides is 2. The summed E-state index contributed by atoms with van der Waals surface area (Å²) >= 11 is 0. The standard InChI is InChI=1S/C16H24N2O4/c1-4-6-9-18(5-2)16(20)12-7-8-13(14(10-12)21-3)22-11-15(17)19/h7-8,10H,4-6,9,11H2,1-3H3,(H2,17,19). The second-order valence-electron chi connectivity index (χ2n) is 4.86. The molecule has 122 valence electrons. The summed E-state index contributed by atoms with van der Waals surface area (Å²) in [5, 5.41) is 0. The van der Waals surface area contributed by atoms with Gasteiger partial charge in [-0.05, 0) is 31.5 Å². The van der Waals surface area contributed by atoms with Gasteiger partial charge in [-0.2, -0.15) is 0 Å². The van der Waals surface area contributed by atoms with Gasteiger partial charge in [0.05, 0.1) is 7.11 Å². The fraction of sp³-hybridized carbons (Fsp3) is 0.500. The van der Waals surface area contributed by atoms with E-state index in [1.165, 1.54) is 7.11 Å². The topological polar surface area (TPSA) is 81.9 Å². The highest BCUT2D eigenvalue weighted by Gasteiger charge is 2.16. The average molecular weight is 308 g/mol. The monoisotopic (exact) mass is 308 g/mol. The molecule has 0 unspecified atom stereocenters. The summed E-state index contributed by atoms with van der Waals surface area (Å²) in [5.74, 6) is 0.169. The molecule has 0 fully saturated rings. The van der Waals surface area contributed by atoms with Crippen LogP contribution in [-0.2, 0) is 4.79 Å². The minimum absolute atomic E-state index is 0.0456. The second kappa shape index (κ2) is 8.92. The Morgan fingerprint density at radius 3 is 2.50 bits per heavy atom. The van der Waals surface area contributed by atoms with Gasteiger partial charge < -0.3 is 20.1 Å². The molecule has 0 saturated heterocycles. The first kappa shape index (κ1) is 17.8. The van der Waals surface area contributed by atoms with Crippen LogP contribution in [0.15, 0.2) is 18.2 Å². The number of carbonyl (C=O) groups is 2. The third-order valence-electron chi connectivity index (χ3n) is 3.23. The van der Waals surface area contributed by atoms with Gasteiger partial charge in [-0.15, -0.1) is 0 Å². The number of rotatable bonds is 9. The van der Waals surface area contributed by atoms with Gasteiger partial charge in [0.25, 0.3) is 11.8 Å². The molecule has 2 amide bonds. The molecule has 0 heterocycles. The van der Waals surface area contributed by atoms with Gasteiger partial charge in [-0.25, -0.2) is 0 Å². The maximum atomic E-state index is 12.5. The van der Waals surface area contributed by atoms with E-state index in [1.54, 1.807) is 23.1 Å². The Balaban J connectivity index is 2.91. The zero-order chi connectivity index (χ0) is 16.5. The SMILES string of the molecule is CCCCN(CC)C(=O)c1ccc(OCC(N)=O)c(OC)c1. The summed E-state index contributed by atoms with van der Waals surface area (Å²) in [5.41, 5.74) is 5.58. The second-order valence-corrected chi connectivity index (χ2v) is 4.86. The van der Waals surface area contributed by atoms with Crippen molar-refractivity contribution in [1.29, 1.82) is 0 Å². The van der Waals surface area contributed by atoms with Gasteiger partial charge >= 0.3 is 0 Å². The van der Waals surface area contributed by atoms with Gasteiger partial charge in [0.1, 0.15) is 0 Å². The van der Waals surface area contributed by atoms with Crippen molar-refractivity contribution in [3.63, 3.8) is 0 Å². The Morgan fingerprint density at radius 1 is 1.23 bits per heavy atom. The summed E-state index contributed by atoms with van der Waals surface area (Å²) in [4.78, 5) is 25.0. The van der Waals surface area contributed by atoms with Crippen molar-refractivity contribution in [3.05, 3.63) is 23.8 Å². The zero-order valence-corrected chi connectivity index (χ0v) is 13.4. The quantitative estimate of drug-likeness (QED) is 0.754. The molecule has 0 aromatic heterocycles. The van der Waals surface area contributed by atoms with Crippen LogP contribution in [-0.4, -0.2) is 43.5 Å². The van der Waals surface area contributed by atoms with Crippen molar-refractivity contribution >= 4 is 11.8 Å². The van der Waals surface area contributed by atoms with Gasteiger partial charge in [0.15, 0.2) is 18.1 Å². The Labute approximate surface area is 131 Å². The lowest BCUT2D eigenvalue weighted by Gasteiger charge is -2.21. The van der Waals surface area contributed by atoms with Crippen LogP contribution < -0.4 is 15.2 Å². The molecule has 0 bridgehead atoms. The molecule has 1 aromatic rings. The predicted molar refractivity (Wildman–Crippen MR) is 84.2 cm³/mol. The zero-order valence-electron chi connectivity index (χ0n) is 13.4. The molecule has 0 saturated carbocycles. The first-order chi connectivity index (χ1) is 10.5. The molecule has 0 aliphatic rings. The van der Waals surface area contributed by atoms with Crippen LogP contribution in [0.1, 0.15) is 37.0 Å². The van der Waals surface area contributed by atoms with Crippen molar-refractivity contribution in [1.82, 2.24) is 4.90 Å². The number of nitrogens with two attached hydrogens (primary N) is 1. The minimum atomic E-state index is -0.570. The lowest BCUT2D eigenvalue weighted by atomic mass is 10.1. The number of primary amides is 1. The van der Waals surface area contributed by atoms with E-state index in [0.717, 1.165) is 19.4 Å². The van der Waals surface area contributed by atoms with E-state index in [2.05, 4.69) is 6.92 Å². The molecule has 0 radical (unpaired) electrons. The normalized spacial score (nSPS) is 10.1. The van der Waals surface area contributed by atoms with Gasteiger partial charge in [-0.1, -0.05) is 13.3 Å². The minimum Gasteiger partial charge on any atom is -0.493 e. The van der Waals surface area contributed by atoms with Crippen LogP contribution in [0.5, 0.6) is 11.5 Å². The first-order valence-corrected chi connectivity index (χ1v) is 7.41. The molecular formula is C16H24N2O4. The van der Waals surface area contributed by atoms with E-state index in [-0.39, 0.29) is 12.5 Å². The number of methoxy groups -OCH3 is 1. The van der Waals surface area contributed by atoms with Crippen LogP contribution in [0.3, 0.4) is 0 Å². The molecule has 1 rings (SSSR count). The van der Waals surface area contributed by atoms with E-state index < -0.39 is 5.91 Å². The molecule has 1 aromatic carbocycles. The number of hydrogen-bond donors (Lipinski definition) is 1. The Hall–Kier alpha value is -2.24. The Morgan fingerprint density at radius 2 is 1.95 bits per heavy atom. The lowest BCUT2D eigenvalue weighted by molar-refractivity contribution is -0.119. The molecular weight excluding hydrogens is 284 g/mol. The maximum Gasteiger partial charge on any atom is 0.255 e. The average Bonchev–Trinajstić information content (AvgIpc) is 2.53. The third kappa shape index (κ3) is 4.95. The van der Waals surface area contributed by atoms with E-state index in [1.807, 2.05) is 6.92 Å². The number of nitrogens with zero attached hydrogens (tertiary/aromatic N) is 1. The van der Waals surface area contributed by atoms with Crippen LogP contribution >= 0.6 is 0 Å². The van der Waals surface area contributed by atoms with Crippen molar-refractivity contribution < 1.29 is 19.1 Å². The van der Waals surface area contributed by atoms with E-state index in [4.69, 9.17) is 15.2 Å². The van der Waals surface area contributed by atoms with Gasteiger partial charge in [-0.3, -0.25) is 9.59 Å². The summed E-state index contributed by atoms with van der Waals surface area (Å²) in [6.07, 6.45) is 2.00. The van der Waals surface area contributed by atoms with Gasteiger partial charge in [0, 0.05) is 18.7 Å². The van der Waals surface area contributed by atoms with Crippen LogP contribution in [0, 0.1) is 0 Å². The van der Waals surface area contributed by atoms with E-state index in [9.17, 15) is 9.59 Å². The molecule has 2 N–H and O–H groups in total. The fourth-order valence-corrected chi connectivity index (χ4v) is 2.00. The first-order valence-electron chi connectivity index (χ1n) is 7.41. The molecule has 22 heavy (non-hydrogen) atoms. The number of carbonyl (C=O) groups excluding carboxylic acids is 2. The number of unbranched alkanes of at least 4 members (excludes halogenated alkanes) is 1. The third-order valence-corrected chi connectivity index (χ3v) is 3.23. The summed E-state index contributed by atoms with van der Waals surface area (Å²) < 4.78 is 10.5. The van der Waals surface area contributed by atoms with Crippen molar-refractivity contribution in [2.45, 2.75) is 26.7 Å². The smallest absolute Gasteiger partial charge is 0.255 e. The Kier molecular flexibility index (Phi) is 7.22. The van der Waals surface area contributed by atoms with Gasteiger partial charge in [0.2, 0.25) is 0 Å². The van der Waals surface area contributed by atoms with Crippen molar-refractivity contribution in [2.75, 3.05) is 26.8 Å². The highest BCUT2D eigenvalue weighted by Crippen LogP contribution is 2.28. The molecule has 0 aliphatic carbocycles. The summed E-state index contributed by atoms with van der Waals surface area (Å²) in [6.45, 7) is 5.19. The molecule has 0 spiro atoms. The van der Waals surface area contributed by atoms with Crippen molar-refractivity contribution in [2.24, 2.45) is 5.73 Å². The number of ether oxygens (including phenoxy) is 2. The number of benzene rings is 1. The van der Waals surface area contributed by atoms with E-state index in [0.29, 0.717) is 23.6 Å². The van der Waals surface area contributed by atoms with Crippen LogP contribution in [0.2, 0.25) is 0 Å². The van der Waals surface area contributed by atoms with Crippen LogP contribution in [0.4, 0.5) is 0 Å². The van der Waals surface area contributed by atoms with Crippen LogP contribution in [0.25, 0.3) is 0 Å². The van der Waals surface area contributed by atoms with E-state index >= 15 is 0 Å². The molecule has 6 nitrogen and oxygen atoms in total. The summed E-state index contributed by atoms with van der Waals surface area (Å²) in [6, 6.07) is 4.89. The highest BCUT2D eigenvalue weighted by molar-refractivity contribution is 5.95. The Bertz CT molecular complexity index is 517. The lowest BCUT2D eigenvalue weighted by Crippen LogP contribution is -2.31.